The van der Waals surface area contributed by atoms with Crippen molar-refractivity contribution in [1.82, 2.24) is 15.0 Å². The molecular weight excluding hydrogens is 336 g/mol. The third kappa shape index (κ3) is 4.45. The Bertz CT molecular complexity index is 820. The first-order chi connectivity index (χ1) is 12.2. The largest absolute Gasteiger partial charge is 0.497 e. The van der Waals surface area contributed by atoms with Gasteiger partial charge in [-0.15, -0.1) is 11.3 Å². The Labute approximate surface area is 151 Å². The summed E-state index contributed by atoms with van der Waals surface area (Å²) in [4.78, 5) is 15.4. The highest BCUT2D eigenvalue weighted by Gasteiger charge is 2.09. The molecule has 25 heavy (non-hydrogen) atoms. The van der Waals surface area contributed by atoms with E-state index in [1.807, 2.05) is 48.5 Å². The number of likely N-dealkylation sites (N-methyl/N-ethyl adjacent to an activating group) is 1. The zero-order chi connectivity index (χ0) is 17.6. The van der Waals surface area contributed by atoms with Crippen molar-refractivity contribution >= 4 is 17.2 Å². The van der Waals surface area contributed by atoms with Gasteiger partial charge in [-0.2, -0.15) is 0 Å². The second kappa shape index (κ2) is 7.94. The van der Waals surface area contributed by atoms with Crippen LogP contribution in [0.15, 0.2) is 42.0 Å². The van der Waals surface area contributed by atoms with Crippen molar-refractivity contribution in [3.63, 3.8) is 0 Å². The van der Waals surface area contributed by atoms with Gasteiger partial charge in [-0.1, -0.05) is 0 Å². The number of hydrogen-bond acceptors (Lipinski definition) is 7. The molecule has 3 rings (SSSR count). The van der Waals surface area contributed by atoms with Crippen LogP contribution >= 0.6 is 11.3 Å². The van der Waals surface area contributed by atoms with Gasteiger partial charge in [0.15, 0.2) is 0 Å². The highest BCUT2D eigenvalue weighted by molar-refractivity contribution is 7.13. The summed E-state index contributed by atoms with van der Waals surface area (Å²) in [6, 6.07) is 7.54. The quantitative estimate of drug-likeness (QED) is 0.646. The molecule has 0 N–H and O–H groups in total. The minimum absolute atomic E-state index is 0.547. The summed E-state index contributed by atoms with van der Waals surface area (Å²) < 4.78 is 10.9. The molecule has 0 aliphatic carbocycles. The van der Waals surface area contributed by atoms with E-state index < -0.39 is 0 Å². The zero-order valence-electron chi connectivity index (χ0n) is 14.5. The van der Waals surface area contributed by atoms with Crippen LogP contribution in [0.1, 0.15) is 5.69 Å². The number of benzene rings is 1. The third-order valence-corrected chi connectivity index (χ3v) is 4.59. The molecule has 0 saturated carbocycles. The molecule has 0 atom stereocenters. The molecule has 7 heteroatoms. The van der Waals surface area contributed by atoms with Crippen LogP contribution in [0.5, 0.6) is 11.5 Å². The van der Waals surface area contributed by atoms with Crippen LogP contribution in [0.3, 0.4) is 0 Å². The Kier molecular flexibility index (Phi) is 5.45. The van der Waals surface area contributed by atoms with Gasteiger partial charge >= 0.3 is 0 Å². The number of methoxy groups -OCH3 is 1. The van der Waals surface area contributed by atoms with Crippen LogP contribution in [0.2, 0.25) is 0 Å². The fourth-order valence-electron chi connectivity index (χ4n) is 2.20. The van der Waals surface area contributed by atoms with Gasteiger partial charge < -0.3 is 14.4 Å². The number of anilines is 1. The van der Waals surface area contributed by atoms with Crippen LogP contribution in [0, 0.1) is 6.92 Å². The second-order valence-electron chi connectivity index (χ2n) is 5.50. The normalized spacial score (nSPS) is 10.5. The lowest BCUT2D eigenvalue weighted by molar-refractivity contribution is 0.324. The number of aromatic nitrogens is 3. The lowest BCUT2D eigenvalue weighted by Crippen LogP contribution is -2.24. The van der Waals surface area contributed by atoms with Crippen LogP contribution < -0.4 is 14.4 Å². The molecule has 1 aromatic carbocycles. The van der Waals surface area contributed by atoms with E-state index >= 15 is 0 Å². The molecule has 130 valence electrons. The smallest absolute Gasteiger partial charge is 0.147 e. The number of nitrogens with zero attached hydrogens (tertiary/aromatic N) is 4. The fourth-order valence-corrected chi connectivity index (χ4v) is 2.95. The van der Waals surface area contributed by atoms with Crippen molar-refractivity contribution in [3.05, 3.63) is 47.7 Å². The summed E-state index contributed by atoms with van der Waals surface area (Å²) in [5.41, 5.74) is 1.78. The molecule has 2 aromatic heterocycles. The van der Waals surface area contributed by atoms with E-state index in [1.54, 1.807) is 30.8 Å². The lowest BCUT2D eigenvalue weighted by Gasteiger charge is -2.18. The first-order valence-corrected chi connectivity index (χ1v) is 8.76. The summed E-state index contributed by atoms with van der Waals surface area (Å²) in [5, 5.41) is 2.89. The molecule has 0 unspecified atom stereocenters. The second-order valence-corrected chi connectivity index (χ2v) is 6.36. The van der Waals surface area contributed by atoms with Crippen LogP contribution in [-0.4, -0.2) is 42.3 Å². The first-order valence-electron chi connectivity index (χ1n) is 7.88. The number of rotatable bonds is 7. The van der Waals surface area contributed by atoms with Crippen LogP contribution in [-0.2, 0) is 0 Å². The molecule has 0 radical (unpaired) electrons. The average molecular weight is 356 g/mol. The van der Waals surface area contributed by atoms with Crippen molar-refractivity contribution < 1.29 is 9.47 Å². The maximum absolute atomic E-state index is 5.76. The van der Waals surface area contributed by atoms with Gasteiger partial charge in [-0.05, 0) is 31.2 Å². The van der Waals surface area contributed by atoms with E-state index in [2.05, 4.69) is 15.0 Å². The van der Waals surface area contributed by atoms with Crippen molar-refractivity contribution in [2.75, 3.05) is 32.2 Å². The van der Waals surface area contributed by atoms with E-state index in [0.717, 1.165) is 33.7 Å². The van der Waals surface area contributed by atoms with Gasteiger partial charge in [0.05, 0.1) is 26.0 Å². The van der Waals surface area contributed by atoms with Crippen LogP contribution in [0.4, 0.5) is 5.82 Å². The lowest BCUT2D eigenvalue weighted by atomic mass is 10.3. The van der Waals surface area contributed by atoms with Crippen molar-refractivity contribution in [2.24, 2.45) is 0 Å². The molecule has 0 amide bonds. The predicted octanol–water partition coefficient (Wildman–Crippen LogP) is 3.43. The summed E-state index contributed by atoms with van der Waals surface area (Å²) in [7, 11) is 3.62. The average Bonchev–Trinajstić information content (AvgIpc) is 3.09. The summed E-state index contributed by atoms with van der Waals surface area (Å²) >= 11 is 1.57. The first kappa shape index (κ1) is 17.2. The van der Waals surface area contributed by atoms with Crippen LogP contribution in [0.25, 0.3) is 10.7 Å². The van der Waals surface area contributed by atoms with E-state index in [0.29, 0.717) is 13.2 Å². The van der Waals surface area contributed by atoms with E-state index in [4.69, 9.17) is 9.47 Å². The number of hydrogen-bond donors (Lipinski definition) is 0. The molecule has 0 spiro atoms. The Morgan fingerprint density at radius 1 is 1.08 bits per heavy atom. The topological polar surface area (TPSA) is 60.4 Å². The van der Waals surface area contributed by atoms with Gasteiger partial charge in [-0.3, -0.25) is 4.98 Å². The molecule has 0 aliphatic rings. The SMILES string of the molecule is COc1ccc(OCCN(C)c2cncc(-c3nc(C)cs3)n2)cc1. The summed E-state index contributed by atoms with van der Waals surface area (Å²) in [5.74, 6) is 2.42. The van der Waals surface area contributed by atoms with Gasteiger partial charge in [0.1, 0.15) is 34.6 Å². The number of aryl methyl sites for hydroxylation is 1. The zero-order valence-corrected chi connectivity index (χ0v) is 15.3. The molecular formula is C18H20N4O2S. The minimum Gasteiger partial charge on any atom is -0.497 e. The van der Waals surface area contributed by atoms with Crippen molar-refractivity contribution in [1.29, 1.82) is 0 Å². The summed E-state index contributed by atoms with van der Waals surface area (Å²) in [6.45, 7) is 3.21. The number of thiazole rings is 1. The monoisotopic (exact) mass is 356 g/mol. The van der Waals surface area contributed by atoms with Gasteiger partial charge in [0, 0.05) is 18.1 Å². The Morgan fingerprint density at radius 3 is 2.52 bits per heavy atom. The summed E-state index contributed by atoms with van der Waals surface area (Å²) in [6.07, 6.45) is 3.49. The highest BCUT2D eigenvalue weighted by Crippen LogP contribution is 2.22. The van der Waals surface area contributed by atoms with Crippen molar-refractivity contribution in [3.8, 4) is 22.2 Å². The highest BCUT2D eigenvalue weighted by atomic mass is 32.1. The molecule has 0 fully saturated rings. The maximum atomic E-state index is 5.76. The Balaban J connectivity index is 1.58. The predicted molar refractivity (Wildman–Crippen MR) is 99.6 cm³/mol. The Hall–Kier alpha value is -2.67. The molecule has 3 aromatic rings. The maximum Gasteiger partial charge on any atom is 0.147 e. The van der Waals surface area contributed by atoms with Gasteiger partial charge in [-0.25, -0.2) is 9.97 Å². The van der Waals surface area contributed by atoms with E-state index in [9.17, 15) is 0 Å². The van der Waals surface area contributed by atoms with E-state index in [1.165, 1.54) is 0 Å². The minimum atomic E-state index is 0.547. The molecule has 0 saturated heterocycles. The molecule has 2 heterocycles. The number of ether oxygens (including phenoxy) is 2. The molecule has 0 bridgehead atoms. The van der Waals surface area contributed by atoms with Crippen molar-refractivity contribution in [2.45, 2.75) is 6.92 Å². The third-order valence-electron chi connectivity index (χ3n) is 3.61. The fraction of sp³-hybridized carbons (Fsp3) is 0.278. The van der Waals surface area contributed by atoms with Gasteiger partial charge in [0.25, 0.3) is 0 Å². The molecule has 0 aliphatic heterocycles. The van der Waals surface area contributed by atoms with Gasteiger partial charge in [0.2, 0.25) is 0 Å². The molecule has 6 nitrogen and oxygen atoms in total. The van der Waals surface area contributed by atoms with E-state index in [-0.39, 0.29) is 0 Å². The Morgan fingerprint density at radius 2 is 1.84 bits per heavy atom. The standard InChI is InChI=1S/C18H20N4O2S/c1-13-12-25-18(20-13)16-10-19-11-17(21-16)22(2)8-9-24-15-6-4-14(23-3)5-7-15/h4-7,10-12H,8-9H2,1-3H3.